The first kappa shape index (κ1) is 23.6. The van der Waals surface area contributed by atoms with Gasteiger partial charge in [0.2, 0.25) is 5.95 Å². The van der Waals surface area contributed by atoms with Gasteiger partial charge in [-0.1, -0.05) is 30.3 Å². The molecule has 0 aliphatic carbocycles. The number of fused-ring (bicyclic) bond motifs is 4. The molecule has 7 aromatic rings. The van der Waals surface area contributed by atoms with Crippen LogP contribution >= 0.6 is 0 Å². The highest BCUT2D eigenvalue weighted by Gasteiger charge is 2.15. The summed E-state index contributed by atoms with van der Waals surface area (Å²) >= 11 is 0. The summed E-state index contributed by atoms with van der Waals surface area (Å²) in [7, 11) is 0. The molecule has 7 rings (SSSR count). The maximum atomic E-state index is 12.6. The van der Waals surface area contributed by atoms with E-state index in [9.17, 15) is 4.79 Å². The molecule has 0 aliphatic heterocycles. The number of aromatic nitrogens is 4. The van der Waals surface area contributed by atoms with E-state index < -0.39 is 0 Å². The number of carbonyl (C=O) groups is 1. The van der Waals surface area contributed by atoms with Crippen LogP contribution in [0.4, 0.5) is 17.3 Å². The molecular weight excluding hydrogens is 502 g/mol. The summed E-state index contributed by atoms with van der Waals surface area (Å²) in [6, 6.07) is 28.9. The molecule has 40 heavy (non-hydrogen) atoms. The van der Waals surface area contributed by atoms with Crippen LogP contribution in [0.3, 0.4) is 0 Å². The van der Waals surface area contributed by atoms with Gasteiger partial charge in [0.25, 0.3) is 5.91 Å². The van der Waals surface area contributed by atoms with E-state index in [-0.39, 0.29) is 5.91 Å². The van der Waals surface area contributed by atoms with Crippen molar-refractivity contribution in [3.63, 3.8) is 0 Å². The summed E-state index contributed by atoms with van der Waals surface area (Å²) in [6.07, 6.45) is 3.26. The lowest BCUT2D eigenvalue weighted by Gasteiger charge is -2.11. The lowest BCUT2D eigenvalue weighted by atomic mass is 10.1. The van der Waals surface area contributed by atoms with Gasteiger partial charge in [0, 0.05) is 40.5 Å². The fourth-order valence-corrected chi connectivity index (χ4v) is 4.75. The molecule has 9 heteroatoms. The van der Waals surface area contributed by atoms with Crippen molar-refractivity contribution in [1.82, 2.24) is 19.6 Å². The van der Waals surface area contributed by atoms with Gasteiger partial charge in [-0.05, 0) is 60.7 Å². The lowest BCUT2D eigenvalue weighted by molar-refractivity contribution is 0.102. The van der Waals surface area contributed by atoms with Crippen LogP contribution in [0.25, 0.3) is 38.7 Å². The highest BCUT2D eigenvalue weighted by atomic mass is 16.3. The molecule has 0 saturated heterocycles. The Hall–Kier alpha value is -5.54. The molecule has 0 saturated carbocycles. The fourth-order valence-electron chi connectivity index (χ4n) is 4.75. The van der Waals surface area contributed by atoms with E-state index in [0.29, 0.717) is 23.7 Å². The number of nitrogens with one attached hydrogen (secondary N) is 2. The van der Waals surface area contributed by atoms with Gasteiger partial charge in [0.15, 0.2) is 0 Å². The largest absolute Gasteiger partial charge is 0.455 e. The van der Waals surface area contributed by atoms with Crippen LogP contribution in [0.1, 0.15) is 16.1 Å². The summed E-state index contributed by atoms with van der Waals surface area (Å²) in [5.41, 5.74) is 12.4. The van der Waals surface area contributed by atoms with E-state index >= 15 is 0 Å². The number of furan rings is 1. The van der Waals surface area contributed by atoms with Crippen LogP contribution in [0.15, 0.2) is 108 Å². The zero-order valence-electron chi connectivity index (χ0n) is 21.2. The number of carbonyl (C=O) groups excluding carboxylic acids is 1. The first-order valence-electron chi connectivity index (χ1n) is 12.8. The number of anilines is 3. The fraction of sp³-hybridized carbons (Fsp3) is 0.0323. The molecule has 4 N–H and O–H groups in total. The Morgan fingerprint density at radius 3 is 2.55 bits per heavy atom. The van der Waals surface area contributed by atoms with E-state index in [1.54, 1.807) is 22.8 Å². The Morgan fingerprint density at radius 2 is 1.73 bits per heavy atom. The second-order valence-corrected chi connectivity index (χ2v) is 9.31. The predicted octanol–water partition coefficient (Wildman–Crippen LogP) is 6.15. The second-order valence-electron chi connectivity index (χ2n) is 9.31. The Morgan fingerprint density at radius 1 is 0.900 bits per heavy atom. The van der Waals surface area contributed by atoms with Crippen LogP contribution < -0.4 is 16.4 Å². The maximum absolute atomic E-state index is 12.6. The molecule has 0 atom stereocenters. The topological polar surface area (TPSA) is 123 Å². The van der Waals surface area contributed by atoms with E-state index in [4.69, 9.17) is 15.1 Å². The van der Waals surface area contributed by atoms with Gasteiger partial charge in [0.1, 0.15) is 11.2 Å². The molecular formula is C31H23N7O2. The molecule has 4 aromatic heterocycles. The van der Waals surface area contributed by atoms with Crippen molar-refractivity contribution in [1.29, 1.82) is 0 Å². The van der Waals surface area contributed by atoms with Gasteiger partial charge < -0.3 is 20.8 Å². The Balaban J connectivity index is 1.18. The first-order valence-corrected chi connectivity index (χ1v) is 12.8. The van der Waals surface area contributed by atoms with Gasteiger partial charge in [-0.15, -0.1) is 0 Å². The van der Waals surface area contributed by atoms with E-state index in [0.717, 1.165) is 50.1 Å². The number of para-hydroxylation sites is 2. The van der Waals surface area contributed by atoms with Crippen LogP contribution in [-0.4, -0.2) is 25.5 Å². The number of nitrogens with two attached hydrogens (primary N) is 1. The van der Waals surface area contributed by atoms with E-state index in [1.807, 2.05) is 66.7 Å². The summed E-state index contributed by atoms with van der Waals surface area (Å²) in [5.74, 6) is 0.303. The quantitative estimate of drug-likeness (QED) is 0.238. The third-order valence-corrected chi connectivity index (χ3v) is 6.76. The zero-order valence-corrected chi connectivity index (χ0v) is 21.2. The molecule has 0 bridgehead atoms. The second kappa shape index (κ2) is 9.64. The first-order chi connectivity index (χ1) is 19.7. The summed E-state index contributed by atoms with van der Waals surface area (Å²) in [5, 5.41) is 12.8. The number of amides is 1. The number of nitrogens with zero attached hydrogens (tertiary/aromatic N) is 4. The average Bonchev–Trinajstić information content (AvgIpc) is 3.63. The van der Waals surface area contributed by atoms with Gasteiger partial charge in [0.05, 0.1) is 28.7 Å². The maximum Gasteiger partial charge on any atom is 0.257 e. The smallest absolute Gasteiger partial charge is 0.257 e. The number of hydrogen-bond acceptors (Lipinski definition) is 7. The van der Waals surface area contributed by atoms with Gasteiger partial charge in [-0.25, -0.2) is 9.50 Å². The van der Waals surface area contributed by atoms with Crippen LogP contribution in [0.2, 0.25) is 0 Å². The molecule has 194 valence electrons. The van der Waals surface area contributed by atoms with E-state index in [2.05, 4.69) is 32.8 Å². The molecule has 0 aliphatic rings. The molecule has 1 amide bonds. The highest BCUT2D eigenvalue weighted by Crippen LogP contribution is 2.36. The number of rotatable bonds is 6. The minimum Gasteiger partial charge on any atom is -0.455 e. The van der Waals surface area contributed by atoms with Crippen molar-refractivity contribution < 1.29 is 9.21 Å². The Bertz CT molecular complexity index is 2010. The molecule has 0 fully saturated rings. The van der Waals surface area contributed by atoms with Crippen LogP contribution in [0.5, 0.6) is 0 Å². The monoisotopic (exact) mass is 525 g/mol. The van der Waals surface area contributed by atoms with E-state index in [1.165, 1.54) is 6.20 Å². The van der Waals surface area contributed by atoms with Crippen molar-refractivity contribution in [2.45, 2.75) is 6.54 Å². The van der Waals surface area contributed by atoms with Crippen molar-refractivity contribution in [3.05, 3.63) is 115 Å². The van der Waals surface area contributed by atoms with Gasteiger partial charge in [-0.3, -0.25) is 9.78 Å². The van der Waals surface area contributed by atoms with Crippen molar-refractivity contribution in [2.24, 2.45) is 5.73 Å². The average molecular weight is 526 g/mol. The van der Waals surface area contributed by atoms with Crippen molar-refractivity contribution >= 4 is 50.7 Å². The highest BCUT2D eigenvalue weighted by molar-refractivity contribution is 6.09. The Kier molecular flexibility index (Phi) is 5.68. The molecule has 0 unspecified atom stereocenters. The summed E-state index contributed by atoms with van der Waals surface area (Å²) in [6.45, 7) is 0.328. The van der Waals surface area contributed by atoms with Gasteiger partial charge >= 0.3 is 0 Å². The molecule has 0 spiro atoms. The summed E-state index contributed by atoms with van der Waals surface area (Å²) in [4.78, 5) is 21.7. The van der Waals surface area contributed by atoms with Crippen molar-refractivity contribution in [3.8, 4) is 11.3 Å². The SMILES string of the molecule is NCc1ccc(C(=O)Nc2ccc(Nc3nc(-c4cccc5c4oc4ccccc45)cc4ccnn34)cc2)cn1. The Labute approximate surface area is 228 Å². The third-order valence-electron chi connectivity index (χ3n) is 6.76. The van der Waals surface area contributed by atoms with Crippen LogP contribution in [0, 0.1) is 0 Å². The normalized spacial score (nSPS) is 11.3. The molecule has 3 aromatic carbocycles. The lowest BCUT2D eigenvalue weighted by Crippen LogP contribution is -2.13. The van der Waals surface area contributed by atoms with Gasteiger partial charge in [-0.2, -0.15) is 5.10 Å². The molecule has 9 nitrogen and oxygen atoms in total. The molecule has 4 heterocycles. The zero-order chi connectivity index (χ0) is 27.1. The van der Waals surface area contributed by atoms with Crippen LogP contribution in [-0.2, 0) is 6.54 Å². The predicted molar refractivity (Wildman–Crippen MR) is 156 cm³/mol. The van der Waals surface area contributed by atoms with Crippen molar-refractivity contribution in [2.75, 3.05) is 10.6 Å². The standard InChI is InChI=1S/C31H23N7O2/c32-17-22-9-8-19(18-33-22)30(39)35-20-10-12-21(13-11-20)36-31-37-27(16-23-14-15-34-38(23)31)26-6-3-5-25-24-4-1-2-7-28(24)40-29(25)26/h1-16,18H,17,32H2,(H,35,39)(H,36,37). The number of hydrogen-bond donors (Lipinski definition) is 3. The minimum absolute atomic E-state index is 0.246. The molecule has 0 radical (unpaired) electrons. The number of benzene rings is 3. The minimum atomic E-state index is -0.246. The summed E-state index contributed by atoms with van der Waals surface area (Å²) < 4.78 is 8.00. The number of pyridine rings is 1. The third kappa shape index (κ3) is 4.20.